The zero-order chi connectivity index (χ0) is 27.5. The smallest absolute Gasteiger partial charge is 0.254 e. The number of amides is 2. The average molecular weight is 586 g/mol. The predicted molar refractivity (Wildman–Crippen MR) is 160 cm³/mol. The van der Waals surface area contributed by atoms with Gasteiger partial charge in [-0.25, -0.2) is 4.39 Å². The molecule has 1 saturated carbocycles. The molecule has 2 N–H and O–H groups in total. The Balaban J connectivity index is 0.00000337. The second-order valence-electron chi connectivity index (χ2n) is 11.5. The highest BCUT2D eigenvalue weighted by Crippen LogP contribution is 2.40. The first kappa shape index (κ1) is 29.6. The topological polar surface area (TPSA) is 77.2 Å². The van der Waals surface area contributed by atoms with Gasteiger partial charge in [0.2, 0.25) is 0 Å². The van der Waals surface area contributed by atoms with E-state index >= 15 is 0 Å². The SMILES string of the molecule is Cl.O=C(c1cc(F)cc(N2CCNCC2)c1)N1CCN(C(=O)c2ccc(O[C@H]3CCNC3)c(C3CCCC3)c2)CC1. The summed E-state index contributed by atoms with van der Waals surface area (Å²) in [6.45, 7) is 6.84. The maximum atomic E-state index is 14.5. The molecule has 3 heterocycles. The highest BCUT2D eigenvalue weighted by Gasteiger charge is 2.29. The van der Waals surface area contributed by atoms with E-state index in [1.54, 1.807) is 11.0 Å². The van der Waals surface area contributed by atoms with Crippen LogP contribution in [-0.4, -0.2) is 93.2 Å². The Morgan fingerprint density at radius 2 is 1.46 bits per heavy atom. The van der Waals surface area contributed by atoms with Crippen molar-refractivity contribution in [3.8, 4) is 5.75 Å². The van der Waals surface area contributed by atoms with Crippen LogP contribution >= 0.6 is 12.4 Å². The number of carbonyl (C=O) groups excluding carboxylic acids is 2. The van der Waals surface area contributed by atoms with E-state index in [9.17, 15) is 14.0 Å². The van der Waals surface area contributed by atoms with Crippen LogP contribution in [-0.2, 0) is 0 Å². The van der Waals surface area contributed by atoms with Gasteiger partial charge >= 0.3 is 0 Å². The summed E-state index contributed by atoms with van der Waals surface area (Å²) in [6, 6.07) is 10.5. The minimum atomic E-state index is -0.400. The molecule has 3 aliphatic heterocycles. The van der Waals surface area contributed by atoms with Crippen LogP contribution in [0.3, 0.4) is 0 Å². The van der Waals surface area contributed by atoms with Crippen molar-refractivity contribution in [3.05, 3.63) is 58.9 Å². The van der Waals surface area contributed by atoms with E-state index in [0.29, 0.717) is 43.2 Å². The monoisotopic (exact) mass is 585 g/mol. The molecule has 1 atom stereocenters. The van der Waals surface area contributed by atoms with E-state index in [-0.39, 0.29) is 30.3 Å². The van der Waals surface area contributed by atoms with Crippen molar-refractivity contribution in [2.45, 2.75) is 44.1 Å². The lowest BCUT2D eigenvalue weighted by Gasteiger charge is -2.35. The van der Waals surface area contributed by atoms with Crippen molar-refractivity contribution >= 4 is 29.9 Å². The average Bonchev–Trinajstić information content (AvgIpc) is 3.72. The largest absolute Gasteiger partial charge is 0.489 e. The number of ether oxygens (including phenoxy) is 1. The van der Waals surface area contributed by atoms with Crippen molar-refractivity contribution < 1.29 is 18.7 Å². The molecule has 10 heteroatoms. The van der Waals surface area contributed by atoms with Crippen LogP contribution in [0.1, 0.15) is 64.3 Å². The molecular formula is C31H41ClFN5O3. The highest BCUT2D eigenvalue weighted by atomic mass is 35.5. The molecule has 2 aromatic carbocycles. The van der Waals surface area contributed by atoms with Crippen LogP contribution in [0.15, 0.2) is 36.4 Å². The Morgan fingerprint density at radius 1 is 0.780 bits per heavy atom. The normalized spacial score (nSPS) is 21.6. The van der Waals surface area contributed by atoms with Crippen LogP contribution in [0.25, 0.3) is 0 Å². The molecule has 0 aromatic heterocycles. The van der Waals surface area contributed by atoms with Gasteiger partial charge in [0, 0.05) is 75.7 Å². The van der Waals surface area contributed by atoms with Crippen molar-refractivity contribution in [3.63, 3.8) is 0 Å². The van der Waals surface area contributed by atoms with Crippen LogP contribution in [0.2, 0.25) is 0 Å². The fraction of sp³-hybridized carbons (Fsp3) is 0.548. The van der Waals surface area contributed by atoms with Crippen LogP contribution < -0.4 is 20.3 Å². The number of carbonyl (C=O) groups is 2. The lowest BCUT2D eigenvalue weighted by Crippen LogP contribution is -2.50. The van der Waals surface area contributed by atoms with Crippen LogP contribution in [0.5, 0.6) is 5.75 Å². The van der Waals surface area contributed by atoms with Crippen molar-refractivity contribution in [2.75, 3.05) is 70.3 Å². The Labute approximate surface area is 248 Å². The molecule has 41 heavy (non-hydrogen) atoms. The zero-order valence-corrected chi connectivity index (χ0v) is 24.4. The first-order valence-corrected chi connectivity index (χ1v) is 14.9. The van der Waals surface area contributed by atoms with Gasteiger partial charge < -0.3 is 30.1 Å². The minimum absolute atomic E-state index is 0. The van der Waals surface area contributed by atoms with Crippen molar-refractivity contribution in [1.29, 1.82) is 0 Å². The Morgan fingerprint density at radius 3 is 2.12 bits per heavy atom. The predicted octanol–water partition coefficient (Wildman–Crippen LogP) is 3.65. The summed E-state index contributed by atoms with van der Waals surface area (Å²) >= 11 is 0. The van der Waals surface area contributed by atoms with Gasteiger partial charge in [-0.1, -0.05) is 12.8 Å². The molecule has 0 spiro atoms. The number of rotatable bonds is 6. The summed E-state index contributed by atoms with van der Waals surface area (Å²) in [4.78, 5) is 32.5. The van der Waals surface area contributed by atoms with Crippen LogP contribution in [0, 0.1) is 5.82 Å². The van der Waals surface area contributed by atoms with E-state index < -0.39 is 5.82 Å². The van der Waals surface area contributed by atoms with Gasteiger partial charge in [0.1, 0.15) is 17.7 Å². The fourth-order valence-corrected chi connectivity index (χ4v) is 6.53. The number of halogens is 2. The number of anilines is 1. The van der Waals surface area contributed by atoms with E-state index in [4.69, 9.17) is 4.74 Å². The van der Waals surface area contributed by atoms with E-state index in [1.165, 1.54) is 25.0 Å². The number of benzene rings is 2. The van der Waals surface area contributed by atoms with Crippen LogP contribution in [0.4, 0.5) is 10.1 Å². The molecule has 0 bridgehead atoms. The summed E-state index contributed by atoms with van der Waals surface area (Å²) < 4.78 is 20.8. The van der Waals surface area contributed by atoms with E-state index in [2.05, 4.69) is 21.6 Å². The second kappa shape index (κ2) is 13.4. The van der Waals surface area contributed by atoms with E-state index in [1.807, 2.05) is 17.0 Å². The summed E-state index contributed by atoms with van der Waals surface area (Å²) in [5.74, 6) is 0.760. The van der Waals surface area contributed by atoms with Gasteiger partial charge in [0.25, 0.3) is 11.8 Å². The fourth-order valence-electron chi connectivity index (χ4n) is 6.53. The zero-order valence-electron chi connectivity index (χ0n) is 23.6. The third kappa shape index (κ3) is 6.79. The maximum absolute atomic E-state index is 14.5. The third-order valence-corrected chi connectivity index (χ3v) is 8.83. The molecule has 4 aliphatic rings. The summed E-state index contributed by atoms with van der Waals surface area (Å²) in [6.07, 6.45) is 5.87. The molecule has 3 saturated heterocycles. The van der Waals surface area contributed by atoms with Gasteiger partial charge in [0.15, 0.2) is 0 Å². The molecule has 2 aromatic rings. The molecule has 2 amide bonds. The minimum Gasteiger partial charge on any atom is -0.489 e. The molecular weight excluding hydrogens is 545 g/mol. The number of hydrogen-bond acceptors (Lipinski definition) is 6. The molecule has 0 unspecified atom stereocenters. The maximum Gasteiger partial charge on any atom is 0.254 e. The van der Waals surface area contributed by atoms with Gasteiger partial charge in [-0.15, -0.1) is 12.4 Å². The summed E-state index contributed by atoms with van der Waals surface area (Å²) in [5.41, 5.74) is 2.95. The first-order chi connectivity index (χ1) is 19.5. The Bertz CT molecular complexity index is 1220. The molecule has 222 valence electrons. The molecule has 6 rings (SSSR count). The number of nitrogens with zero attached hydrogens (tertiary/aromatic N) is 3. The van der Waals surface area contributed by atoms with Gasteiger partial charge in [0.05, 0.1) is 0 Å². The number of hydrogen-bond donors (Lipinski definition) is 2. The quantitative estimate of drug-likeness (QED) is 0.539. The Kier molecular flexibility index (Phi) is 9.68. The Hall–Kier alpha value is -2.88. The first-order valence-electron chi connectivity index (χ1n) is 14.9. The highest BCUT2D eigenvalue weighted by molar-refractivity contribution is 5.96. The third-order valence-electron chi connectivity index (χ3n) is 8.83. The van der Waals surface area contributed by atoms with Gasteiger partial charge in [-0.2, -0.15) is 0 Å². The molecule has 0 radical (unpaired) electrons. The number of piperazine rings is 2. The van der Waals surface area contributed by atoms with Gasteiger partial charge in [-0.3, -0.25) is 9.59 Å². The molecule has 8 nitrogen and oxygen atoms in total. The lowest BCUT2D eigenvalue weighted by atomic mass is 9.94. The molecule has 4 fully saturated rings. The van der Waals surface area contributed by atoms with E-state index in [0.717, 1.165) is 75.5 Å². The second-order valence-corrected chi connectivity index (χ2v) is 11.5. The van der Waals surface area contributed by atoms with Crippen molar-refractivity contribution in [1.82, 2.24) is 20.4 Å². The number of nitrogens with one attached hydrogen (secondary N) is 2. The standard InChI is InChI=1S/C31H40FN5O3.ClH/c32-25-17-24(18-26(20-25)35-11-9-33-10-12-35)31(39)37-15-13-36(14-16-37)30(38)23-5-6-29(40-27-7-8-34-21-27)28(19-23)22-3-1-2-4-22;/h5-6,17-20,22,27,33-34H,1-4,7-16,21H2;1H/t27-;/m0./s1. The van der Waals surface area contributed by atoms with Crippen molar-refractivity contribution in [2.24, 2.45) is 0 Å². The molecule has 1 aliphatic carbocycles. The summed E-state index contributed by atoms with van der Waals surface area (Å²) in [7, 11) is 0. The summed E-state index contributed by atoms with van der Waals surface area (Å²) in [5, 5.41) is 6.66. The lowest BCUT2D eigenvalue weighted by molar-refractivity contribution is 0.0535. The van der Waals surface area contributed by atoms with Gasteiger partial charge in [-0.05, 0) is 73.7 Å².